The zero-order valence-corrected chi connectivity index (χ0v) is 16.5. The van der Waals surface area contributed by atoms with Gasteiger partial charge in [0.05, 0.1) is 12.1 Å². The first-order chi connectivity index (χ1) is 14.7. The molecule has 0 aliphatic carbocycles. The van der Waals surface area contributed by atoms with Gasteiger partial charge in [0, 0.05) is 6.20 Å². The fourth-order valence-electron chi connectivity index (χ4n) is 3.59. The van der Waals surface area contributed by atoms with Crippen molar-refractivity contribution in [2.75, 3.05) is 6.61 Å². The maximum absolute atomic E-state index is 14.1. The van der Waals surface area contributed by atoms with Gasteiger partial charge in [0.25, 0.3) is 0 Å². The number of hydrogen-bond acceptors (Lipinski definition) is 4. The number of halogens is 1. The van der Waals surface area contributed by atoms with E-state index in [2.05, 4.69) is 17.1 Å². The average molecular weight is 401 g/mol. The van der Waals surface area contributed by atoms with E-state index in [-0.39, 0.29) is 17.7 Å². The van der Waals surface area contributed by atoms with Crippen molar-refractivity contribution in [3.05, 3.63) is 101 Å². The lowest BCUT2D eigenvalue weighted by molar-refractivity contribution is 0.318. The Kier molecular flexibility index (Phi) is 4.67. The number of rotatable bonds is 5. The predicted octanol–water partition coefficient (Wildman–Crippen LogP) is 5.16. The highest BCUT2D eigenvalue weighted by atomic mass is 19.1. The molecule has 0 radical (unpaired) electrons. The third-order valence-corrected chi connectivity index (χ3v) is 5.20. The van der Waals surface area contributed by atoms with Crippen molar-refractivity contribution in [2.45, 2.75) is 19.5 Å². The van der Waals surface area contributed by atoms with Crippen molar-refractivity contribution in [1.82, 2.24) is 9.55 Å². The molecule has 1 unspecified atom stereocenters. The Morgan fingerprint density at radius 2 is 1.83 bits per heavy atom. The smallest absolute Gasteiger partial charge is 0.234 e. The number of hydrogen-bond donors (Lipinski definition) is 0. The molecule has 0 saturated heterocycles. The minimum absolute atomic E-state index is 0.00834. The largest absolute Gasteiger partial charge is 0.474 e. The van der Waals surface area contributed by atoms with E-state index >= 15 is 0 Å². The highest BCUT2D eigenvalue weighted by Gasteiger charge is 2.24. The summed E-state index contributed by atoms with van der Waals surface area (Å²) in [5.74, 6) is 1.20. The molecule has 1 aliphatic rings. The zero-order valence-electron chi connectivity index (χ0n) is 16.5. The molecule has 3 heterocycles. The molecular formula is C24H20FN3O2. The Balaban J connectivity index is 1.41. The molecule has 0 N–H and O–H groups in total. The summed E-state index contributed by atoms with van der Waals surface area (Å²) in [4.78, 5) is 9.31. The van der Waals surface area contributed by atoms with Crippen molar-refractivity contribution >= 4 is 5.90 Å². The third kappa shape index (κ3) is 3.41. The van der Waals surface area contributed by atoms with Crippen LogP contribution in [0.15, 0.2) is 82.3 Å². The van der Waals surface area contributed by atoms with Crippen LogP contribution in [0.25, 0.3) is 11.5 Å². The molecular weight excluding hydrogens is 381 g/mol. The summed E-state index contributed by atoms with van der Waals surface area (Å²) in [7, 11) is 0. The summed E-state index contributed by atoms with van der Waals surface area (Å²) >= 11 is 0. The van der Waals surface area contributed by atoms with Crippen molar-refractivity contribution in [3.8, 4) is 11.5 Å². The molecule has 2 aromatic heterocycles. The average Bonchev–Trinajstić information content (AvgIpc) is 3.50. The van der Waals surface area contributed by atoms with Crippen molar-refractivity contribution in [1.29, 1.82) is 0 Å². The number of benzene rings is 2. The Bertz CT molecular complexity index is 1210. The number of aromatic nitrogens is 2. The van der Waals surface area contributed by atoms with Crippen LogP contribution in [0.3, 0.4) is 0 Å². The number of oxazole rings is 1. The van der Waals surface area contributed by atoms with E-state index in [1.54, 1.807) is 18.2 Å². The van der Waals surface area contributed by atoms with Crippen molar-refractivity contribution < 1.29 is 13.5 Å². The Morgan fingerprint density at radius 1 is 1.03 bits per heavy atom. The second-order valence-electron chi connectivity index (χ2n) is 7.19. The monoisotopic (exact) mass is 401 g/mol. The van der Waals surface area contributed by atoms with Crippen LogP contribution in [0.2, 0.25) is 0 Å². The quantitative estimate of drug-likeness (QED) is 0.464. The second-order valence-corrected chi connectivity index (χ2v) is 7.19. The lowest BCUT2D eigenvalue weighted by atomic mass is 10.1. The molecule has 30 heavy (non-hydrogen) atoms. The topological polar surface area (TPSA) is 52.5 Å². The first-order valence-corrected chi connectivity index (χ1v) is 9.81. The van der Waals surface area contributed by atoms with Crippen LogP contribution in [0.1, 0.15) is 28.8 Å². The molecule has 150 valence electrons. The van der Waals surface area contributed by atoms with Crippen LogP contribution in [0.4, 0.5) is 4.39 Å². The highest BCUT2D eigenvalue weighted by Crippen LogP contribution is 2.27. The van der Waals surface area contributed by atoms with E-state index in [4.69, 9.17) is 14.1 Å². The van der Waals surface area contributed by atoms with Gasteiger partial charge in [-0.15, -0.1) is 0 Å². The third-order valence-electron chi connectivity index (χ3n) is 5.20. The SMILES string of the molecule is Cc1oc(-c2ccccc2F)nc1Cn1cccc1C1=NC(c2ccccc2)CO1. The molecule has 2 aromatic carbocycles. The number of aliphatic imine (C=N–C) groups is 1. The lowest BCUT2D eigenvalue weighted by Gasteiger charge is -2.07. The molecule has 5 rings (SSSR count). The predicted molar refractivity (Wildman–Crippen MR) is 112 cm³/mol. The van der Waals surface area contributed by atoms with Crippen LogP contribution in [-0.4, -0.2) is 22.1 Å². The summed E-state index contributed by atoms with van der Waals surface area (Å²) in [6, 6.07) is 20.5. The van der Waals surface area contributed by atoms with Crippen molar-refractivity contribution in [2.24, 2.45) is 4.99 Å². The van der Waals surface area contributed by atoms with E-state index < -0.39 is 0 Å². The summed E-state index contributed by atoms with van der Waals surface area (Å²) < 4.78 is 27.8. The van der Waals surface area contributed by atoms with Crippen LogP contribution in [-0.2, 0) is 11.3 Å². The molecule has 0 spiro atoms. The zero-order chi connectivity index (χ0) is 20.5. The summed E-state index contributed by atoms with van der Waals surface area (Å²) in [6.45, 7) is 2.83. The normalized spacial score (nSPS) is 15.8. The van der Waals surface area contributed by atoms with Gasteiger partial charge < -0.3 is 13.7 Å². The van der Waals surface area contributed by atoms with Crippen molar-refractivity contribution in [3.63, 3.8) is 0 Å². The van der Waals surface area contributed by atoms with E-state index in [1.807, 2.05) is 48.0 Å². The van der Waals surface area contributed by atoms with E-state index in [0.717, 1.165) is 17.0 Å². The maximum atomic E-state index is 14.1. The van der Waals surface area contributed by atoms with Crippen LogP contribution >= 0.6 is 0 Å². The standard InChI is InChI=1S/C24H20FN3O2/c1-16-20(26-23(30-16)18-10-5-6-11-19(18)25)14-28-13-7-12-22(28)24-27-21(15-29-24)17-8-3-2-4-9-17/h2-13,21H,14-15H2,1H3. The molecule has 0 bridgehead atoms. The van der Waals surface area contributed by atoms with Gasteiger partial charge in [-0.05, 0) is 36.8 Å². The number of aryl methyl sites for hydroxylation is 1. The molecule has 0 fully saturated rings. The molecule has 0 amide bonds. The fourth-order valence-corrected chi connectivity index (χ4v) is 3.59. The van der Waals surface area contributed by atoms with E-state index in [0.29, 0.717) is 30.4 Å². The van der Waals surface area contributed by atoms with Crippen LogP contribution in [0, 0.1) is 12.7 Å². The summed E-state index contributed by atoms with van der Waals surface area (Å²) in [5, 5.41) is 0. The van der Waals surface area contributed by atoms with Crippen LogP contribution < -0.4 is 0 Å². The molecule has 1 atom stereocenters. The van der Waals surface area contributed by atoms with E-state index in [1.165, 1.54) is 6.07 Å². The highest BCUT2D eigenvalue weighted by molar-refractivity contribution is 5.93. The number of ether oxygens (including phenoxy) is 1. The molecule has 5 nitrogen and oxygen atoms in total. The van der Waals surface area contributed by atoms with Gasteiger partial charge in [0.2, 0.25) is 11.8 Å². The number of nitrogens with zero attached hydrogens (tertiary/aromatic N) is 3. The molecule has 6 heteroatoms. The Morgan fingerprint density at radius 3 is 2.67 bits per heavy atom. The van der Waals surface area contributed by atoms with E-state index in [9.17, 15) is 4.39 Å². The van der Waals surface area contributed by atoms with Gasteiger partial charge in [0.1, 0.15) is 35.6 Å². The molecule has 1 aliphatic heterocycles. The summed E-state index contributed by atoms with van der Waals surface area (Å²) in [5.41, 5.74) is 3.11. The van der Waals surface area contributed by atoms with Gasteiger partial charge >= 0.3 is 0 Å². The molecule has 4 aromatic rings. The fraction of sp³-hybridized carbons (Fsp3) is 0.167. The van der Waals surface area contributed by atoms with Gasteiger partial charge in [-0.25, -0.2) is 14.4 Å². The second kappa shape index (κ2) is 7.63. The van der Waals surface area contributed by atoms with Gasteiger partial charge in [-0.1, -0.05) is 42.5 Å². The Hall–Kier alpha value is -3.67. The maximum Gasteiger partial charge on any atom is 0.234 e. The Labute approximate surface area is 173 Å². The van der Waals surface area contributed by atoms with Gasteiger partial charge in [-0.2, -0.15) is 0 Å². The van der Waals surface area contributed by atoms with Gasteiger partial charge in [-0.3, -0.25) is 0 Å². The minimum atomic E-state index is -0.354. The van der Waals surface area contributed by atoms with Gasteiger partial charge in [0.15, 0.2) is 0 Å². The van der Waals surface area contributed by atoms with Crippen LogP contribution in [0.5, 0.6) is 0 Å². The lowest BCUT2D eigenvalue weighted by Crippen LogP contribution is -2.11. The summed E-state index contributed by atoms with van der Waals surface area (Å²) in [6.07, 6.45) is 1.95. The minimum Gasteiger partial charge on any atom is -0.474 e. The molecule has 0 saturated carbocycles. The first kappa shape index (κ1) is 18.4. The first-order valence-electron chi connectivity index (χ1n) is 9.81.